The van der Waals surface area contributed by atoms with Crippen molar-refractivity contribution in [3.8, 4) is 5.75 Å². The van der Waals surface area contributed by atoms with Crippen LogP contribution in [0.4, 0.5) is 5.69 Å². The number of methoxy groups -OCH3 is 1. The minimum Gasteiger partial charge on any atom is -0.491 e. The number of benzene rings is 1. The van der Waals surface area contributed by atoms with Gasteiger partial charge in [0.05, 0.1) is 17.1 Å². The SMILES string of the molecule is COCCOc1ccc([N+](=O)[O-])c(C=O)c1. The lowest BCUT2D eigenvalue weighted by atomic mass is 10.2. The van der Waals surface area contributed by atoms with Crippen LogP contribution in [0.25, 0.3) is 0 Å². The number of aldehydes is 1. The first-order chi connectivity index (χ1) is 7.69. The second-order valence-electron chi connectivity index (χ2n) is 2.94. The van der Waals surface area contributed by atoms with E-state index in [1.54, 1.807) is 0 Å². The van der Waals surface area contributed by atoms with Crippen LogP contribution < -0.4 is 4.74 Å². The molecule has 6 nitrogen and oxygen atoms in total. The number of hydrogen-bond acceptors (Lipinski definition) is 5. The molecule has 0 unspecified atom stereocenters. The number of nitro benzene ring substituents is 1. The number of ether oxygens (including phenoxy) is 2. The van der Waals surface area contributed by atoms with Gasteiger partial charge < -0.3 is 9.47 Å². The Balaban J connectivity index is 2.82. The Morgan fingerprint density at radius 2 is 2.19 bits per heavy atom. The van der Waals surface area contributed by atoms with Gasteiger partial charge in [0.1, 0.15) is 12.4 Å². The molecule has 0 bridgehead atoms. The fourth-order valence-corrected chi connectivity index (χ4v) is 1.13. The first kappa shape index (κ1) is 12.1. The molecule has 0 spiro atoms. The second kappa shape index (κ2) is 5.82. The predicted octanol–water partition coefficient (Wildman–Crippen LogP) is 1.43. The van der Waals surface area contributed by atoms with Gasteiger partial charge in [-0.2, -0.15) is 0 Å². The van der Waals surface area contributed by atoms with E-state index in [0.29, 0.717) is 25.2 Å². The fraction of sp³-hybridized carbons (Fsp3) is 0.300. The molecule has 1 aromatic rings. The van der Waals surface area contributed by atoms with Crippen LogP contribution in [0.5, 0.6) is 5.75 Å². The van der Waals surface area contributed by atoms with Gasteiger partial charge in [-0.1, -0.05) is 0 Å². The maximum atomic E-state index is 10.6. The Morgan fingerprint density at radius 1 is 1.44 bits per heavy atom. The molecule has 86 valence electrons. The molecule has 0 aromatic heterocycles. The molecule has 0 aliphatic heterocycles. The number of nitro groups is 1. The van der Waals surface area contributed by atoms with Crippen LogP contribution >= 0.6 is 0 Å². The Kier molecular flexibility index (Phi) is 4.41. The van der Waals surface area contributed by atoms with Crippen molar-refractivity contribution >= 4 is 12.0 Å². The highest BCUT2D eigenvalue weighted by atomic mass is 16.6. The summed E-state index contributed by atoms with van der Waals surface area (Å²) in [5.41, 5.74) is -0.228. The average Bonchev–Trinajstić information content (AvgIpc) is 2.29. The predicted molar refractivity (Wildman–Crippen MR) is 55.9 cm³/mol. The van der Waals surface area contributed by atoms with Gasteiger partial charge in [-0.05, 0) is 12.1 Å². The van der Waals surface area contributed by atoms with Crippen molar-refractivity contribution in [1.29, 1.82) is 0 Å². The number of hydrogen-bond donors (Lipinski definition) is 0. The number of nitrogens with zero attached hydrogens (tertiary/aromatic N) is 1. The van der Waals surface area contributed by atoms with Crippen molar-refractivity contribution in [2.75, 3.05) is 20.3 Å². The fourth-order valence-electron chi connectivity index (χ4n) is 1.13. The second-order valence-corrected chi connectivity index (χ2v) is 2.94. The molecule has 0 atom stereocenters. The molecule has 0 radical (unpaired) electrons. The molecule has 6 heteroatoms. The third kappa shape index (κ3) is 3.03. The van der Waals surface area contributed by atoms with E-state index in [-0.39, 0.29) is 11.3 Å². The summed E-state index contributed by atoms with van der Waals surface area (Å²) < 4.78 is 10.00. The lowest BCUT2D eigenvalue weighted by Gasteiger charge is -2.05. The van der Waals surface area contributed by atoms with Crippen LogP contribution in [0.2, 0.25) is 0 Å². The van der Waals surface area contributed by atoms with Crippen molar-refractivity contribution in [1.82, 2.24) is 0 Å². The highest BCUT2D eigenvalue weighted by Gasteiger charge is 2.13. The first-order valence-corrected chi connectivity index (χ1v) is 4.54. The minimum absolute atomic E-state index is 0.0000770. The largest absolute Gasteiger partial charge is 0.491 e. The topological polar surface area (TPSA) is 78.7 Å². The maximum absolute atomic E-state index is 10.6. The quantitative estimate of drug-likeness (QED) is 0.316. The van der Waals surface area contributed by atoms with Crippen molar-refractivity contribution in [3.63, 3.8) is 0 Å². The lowest BCUT2D eigenvalue weighted by Crippen LogP contribution is -2.05. The third-order valence-corrected chi connectivity index (χ3v) is 1.88. The van der Waals surface area contributed by atoms with Gasteiger partial charge in [0.15, 0.2) is 6.29 Å². The molecule has 0 saturated heterocycles. The molecular weight excluding hydrogens is 214 g/mol. The van der Waals surface area contributed by atoms with E-state index in [2.05, 4.69) is 0 Å². The van der Waals surface area contributed by atoms with Crippen molar-refractivity contribution in [2.24, 2.45) is 0 Å². The maximum Gasteiger partial charge on any atom is 0.280 e. The van der Waals surface area contributed by atoms with Gasteiger partial charge >= 0.3 is 0 Å². The summed E-state index contributed by atoms with van der Waals surface area (Å²) in [6.07, 6.45) is 0.432. The van der Waals surface area contributed by atoms with E-state index < -0.39 is 4.92 Å². The van der Waals surface area contributed by atoms with E-state index in [0.717, 1.165) is 0 Å². The zero-order valence-electron chi connectivity index (χ0n) is 8.71. The van der Waals surface area contributed by atoms with Crippen LogP contribution in [0.15, 0.2) is 18.2 Å². The van der Waals surface area contributed by atoms with Gasteiger partial charge in [-0.25, -0.2) is 0 Å². The molecule has 1 rings (SSSR count). The number of carbonyl (C=O) groups excluding carboxylic acids is 1. The molecule has 0 N–H and O–H groups in total. The van der Waals surface area contributed by atoms with Crippen LogP contribution in [0, 0.1) is 10.1 Å². The normalized spacial score (nSPS) is 9.81. The van der Waals surface area contributed by atoms with Crippen molar-refractivity contribution < 1.29 is 19.2 Å². The minimum atomic E-state index is -0.608. The van der Waals surface area contributed by atoms with Gasteiger partial charge in [0.25, 0.3) is 5.69 Å². The molecule has 0 aliphatic rings. The smallest absolute Gasteiger partial charge is 0.280 e. The van der Waals surface area contributed by atoms with E-state index in [9.17, 15) is 14.9 Å². The number of carbonyl (C=O) groups is 1. The zero-order valence-corrected chi connectivity index (χ0v) is 8.71. The average molecular weight is 225 g/mol. The molecule has 1 aromatic carbocycles. The van der Waals surface area contributed by atoms with E-state index in [1.165, 1.54) is 25.3 Å². The summed E-state index contributed by atoms with van der Waals surface area (Å²) in [6.45, 7) is 0.736. The lowest BCUT2D eigenvalue weighted by molar-refractivity contribution is -0.385. The van der Waals surface area contributed by atoms with E-state index in [1.807, 2.05) is 0 Å². The molecule has 0 heterocycles. The van der Waals surface area contributed by atoms with Crippen molar-refractivity contribution in [2.45, 2.75) is 0 Å². The Bertz CT molecular complexity index is 391. The summed E-state index contributed by atoms with van der Waals surface area (Å²) in [6, 6.07) is 4.02. The Labute approximate surface area is 91.9 Å². The van der Waals surface area contributed by atoms with Crippen molar-refractivity contribution in [3.05, 3.63) is 33.9 Å². The highest BCUT2D eigenvalue weighted by molar-refractivity contribution is 5.82. The summed E-state index contributed by atoms with van der Waals surface area (Å²) in [5.74, 6) is 0.407. The van der Waals surface area contributed by atoms with Gasteiger partial charge in [-0.15, -0.1) is 0 Å². The molecule has 0 fully saturated rings. The molecule has 16 heavy (non-hydrogen) atoms. The Hall–Kier alpha value is -1.95. The van der Waals surface area contributed by atoms with Gasteiger partial charge in [-0.3, -0.25) is 14.9 Å². The third-order valence-electron chi connectivity index (χ3n) is 1.88. The van der Waals surface area contributed by atoms with Crippen LogP contribution in [-0.4, -0.2) is 31.5 Å². The van der Waals surface area contributed by atoms with E-state index >= 15 is 0 Å². The molecule has 0 saturated carbocycles. The first-order valence-electron chi connectivity index (χ1n) is 4.54. The molecule has 0 aliphatic carbocycles. The Morgan fingerprint density at radius 3 is 2.75 bits per heavy atom. The number of rotatable bonds is 6. The van der Waals surface area contributed by atoms with Gasteiger partial charge in [0, 0.05) is 13.2 Å². The molecular formula is C10H11NO5. The zero-order chi connectivity index (χ0) is 12.0. The monoisotopic (exact) mass is 225 g/mol. The summed E-state index contributed by atoms with van der Waals surface area (Å²) in [4.78, 5) is 20.6. The van der Waals surface area contributed by atoms with E-state index in [4.69, 9.17) is 9.47 Å². The van der Waals surface area contributed by atoms with Crippen LogP contribution in [-0.2, 0) is 4.74 Å². The van der Waals surface area contributed by atoms with Crippen LogP contribution in [0.1, 0.15) is 10.4 Å². The standard InChI is InChI=1S/C10H11NO5/c1-15-4-5-16-9-2-3-10(11(13)14)8(6-9)7-12/h2-3,6-7H,4-5H2,1H3. The highest BCUT2D eigenvalue weighted by Crippen LogP contribution is 2.22. The molecule has 0 amide bonds. The van der Waals surface area contributed by atoms with Crippen LogP contribution in [0.3, 0.4) is 0 Å². The summed E-state index contributed by atoms with van der Waals surface area (Å²) >= 11 is 0. The van der Waals surface area contributed by atoms with Gasteiger partial charge in [0.2, 0.25) is 0 Å². The summed E-state index contributed by atoms with van der Waals surface area (Å²) in [7, 11) is 1.54. The summed E-state index contributed by atoms with van der Waals surface area (Å²) in [5, 5.41) is 10.5.